The van der Waals surface area contributed by atoms with Crippen molar-refractivity contribution in [3.05, 3.63) is 81.0 Å². The molecule has 5 aromatic rings. The molecular weight excluding hydrogens is 435 g/mol. The average molecular weight is 453 g/mol. The highest BCUT2D eigenvalue weighted by Crippen LogP contribution is 2.36. The molecule has 0 radical (unpaired) electrons. The standard InChI is InChI=1S/C23H18Cl2N4S/c1-13-10-21(17-7-6-16(24)11-18(17)25)29-22(26-13)12-19(27-29)23-20(8-9-30-23)28-14(2)4-5-15(28)3/h4-12H,1-3H3. The van der Waals surface area contributed by atoms with Gasteiger partial charge in [-0.05, 0) is 68.6 Å². The SMILES string of the molecule is Cc1cc(-c2ccc(Cl)cc2Cl)n2nc(-c3sccc3-n3c(C)ccc3C)cc2n1. The molecule has 0 atom stereocenters. The number of aryl methyl sites for hydroxylation is 3. The topological polar surface area (TPSA) is 35.1 Å². The van der Waals surface area contributed by atoms with Gasteiger partial charge in [0.25, 0.3) is 0 Å². The first kappa shape index (κ1) is 19.4. The second-order valence-electron chi connectivity index (χ2n) is 7.29. The first-order chi connectivity index (χ1) is 14.4. The van der Waals surface area contributed by atoms with Crippen LogP contribution in [0.25, 0.3) is 33.2 Å². The highest BCUT2D eigenvalue weighted by Gasteiger charge is 2.18. The summed E-state index contributed by atoms with van der Waals surface area (Å²) < 4.78 is 4.11. The minimum Gasteiger partial charge on any atom is -0.317 e. The van der Waals surface area contributed by atoms with Gasteiger partial charge in [-0.15, -0.1) is 11.3 Å². The number of nitrogens with zero attached hydrogens (tertiary/aromatic N) is 4. The van der Waals surface area contributed by atoms with E-state index < -0.39 is 0 Å². The van der Waals surface area contributed by atoms with Crippen LogP contribution in [0.1, 0.15) is 17.1 Å². The Morgan fingerprint density at radius 2 is 1.67 bits per heavy atom. The molecule has 4 aromatic heterocycles. The fourth-order valence-corrected chi connectivity index (χ4v) is 5.16. The maximum absolute atomic E-state index is 6.50. The average Bonchev–Trinajstić information content (AvgIpc) is 3.39. The normalized spacial score (nSPS) is 11.5. The number of aromatic nitrogens is 4. The molecule has 5 rings (SSSR count). The number of hydrogen-bond donors (Lipinski definition) is 0. The molecule has 0 saturated heterocycles. The fourth-order valence-electron chi connectivity index (χ4n) is 3.82. The summed E-state index contributed by atoms with van der Waals surface area (Å²) in [5.74, 6) is 0. The van der Waals surface area contributed by atoms with Gasteiger partial charge in [-0.2, -0.15) is 5.10 Å². The van der Waals surface area contributed by atoms with E-state index in [9.17, 15) is 0 Å². The molecule has 0 unspecified atom stereocenters. The number of halogens is 2. The van der Waals surface area contributed by atoms with Crippen molar-refractivity contribution in [1.29, 1.82) is 0 Å². The Labute approximate surface area is 188 Å². The molecule has 0 aliphatic heterocycles. The molecule has 0 aliphatic carbocycles. The molecule has 0 saturated carbocycles. The van der Waals surface area contributed by atoms with Crippen molar-refractivity contribution in [1.82, 2.24) is 19.2 Å². The highest BCUT2D eigenvalue weighted by atomic mass is 35.5. The maximum atomic E-state index is 6.50. The Bertz CT molecular complexity index is 1390. The molecule has 4 heterocycles. The van der Waals surface area contributed by atoms with Crippen LogP contribution in [-0.2, 0) is 0 Å². The molecular formula is C23H18Cl2N4S. The van der Waals surface area contributed by atoms with Crippen LogP contribution in [0.3, 0.4) is 0 Å². The first-order valence-electron chi connectivity index (χ1n) is 9.48. The summed E-state index contributed by atoms with van der Waals surface area (Å²) in [5.41, 5.74) is 7.84. The van der Waals surface area contributed by atoms with Crippen molar-refractivity contribution < 1.29 is 0 Å². The number of rotatable bonds is 3. The van der Waals surface area contributed by atoms with Gasteiger partial charge in [0.15, 0.2) is 5.65 Å². The monoisotopic (exact) mass is 452 g/mol. The first-order valence-corrected chi connectivity index (χ1v) is 11.1. The fraction of sp³-hybridized carbons (Fsp3) is 0.130. The Morgan fingerprint density at radius 1 is 0.900 bits per heavy atom. The zero-order chi connectivity index (χ0) is 21.0. The third kappa shape index (κ3) is 3.14. The maximum Gasteiger partial charge on any atom is 0.156 e. The molecule has 0 N–H and O–H groups in total. The molecule has 0 bridgehead atoms. The van der Waals surface area contributed by atoms with Crippen LogP contribution in [0, 0.1) is 20.8 Å². The van der Waals surface area contributed by atoms with Gasteiger partial charge in [0, 0.05) is 33.7 Å². The lowest BCUT2D eigenvalue weighted by atomic mass is 10.1. The Kier molecular flexibility index (Phi) is 4.69. The van der Waals surface area contributed by atoms with Crippen molar-refractivity contribution in [2.24, 2.45) is 0 Å². The minimum absolute atomic E-state index is 0.585. The molecule has 0 spiro atoms. The summed E-state index contributed by atoms with van der Waals surface area (Å²) in [6, 6.07) is 15.9. The van der Waals surface area contributed by atoms with Gasteiger partial charge in [0.2, 0.25) is 0 Å². The number of benzene rings is 1. The molecule has 4 nitrogen and oxygen atoms in total. The van der Waals surface area contributed by atoms with E-state index in [-0.39, 0.29) is 0 Å². The van der Waals surface area contributed by atoms with Crippen LogP contribution in [0.15, 0.2) is 53.9 Å². The number of hydrogen-bond acceptors (Lipinski definition) is 3. The zero-order valence-electron chi connectivity index (χ0n) is 16.6. The molecule has 1 aromatic carbocycles. The van der Waals surface area contributed by atoms with Gasteiger partial charge in [-0.25, -0.2) is 9.50 Å². The smallest absolute Gasteiger partial charge is 0.156 e. The van der Waals surface area contributed by atoms with Crippen molar-refractivity contribution in [2.75, 3.05) is 0 Å². The van der Waals surface area contributed by atoms with Gasteiger partial charge in [0.05, 0.1) is 21.3 Å². The van der Waals surface area contributed by atoms with E-state index in [0.29, 0.717) is 10.0 Å². The van der Waals surface area contributed by atoms with Crippen molar-refractivity contribution in [3.8, 4) is 27.5 Å². The van der Waals surface area contributed by atoms with E-state index in [0.717, 1.165) is 38.9 Å². The Morgan fingerprint density at radius 3 is 2.40 bits per heavy atom. The third-order valence-electron chi connectivity index (χ3n) is 5.15. The molecule has 0 amide bonds. The summed E-state index contributed by atoms with van der Waals surface area (Å²) in [5, 5.41) is 8.22. The summed E-state index contributed by atoms with van der Waals surface area (Å²) >= 11 is 14.3. The van der Waals surface area contributed by atoms with E-state index in [1.54, 1.807) is 17.4 Å². The largest absolute Gasteiger partial charge is 0.317 e. The van der Waals surface area contributed by atoms with Crippen LogP contribution in [0.2, 0.25) is 10.0 Å². The summed E-state index contributed by atoms with van der Waals surface area (Å²) in [7, 11) is 0. The Hall–Kier alpha value is -2.60. The highest BCUT2D eigenvalue weighted by molar-refractivity contribution is 7.14. The van der Waals surface area contributed by atoms with Gasteiger partial charge in [0.1, 0.15) is 5.69 Å². The van der Waals surface area contributed by atoms with Crippen LogP contribution in [-0.4, -0.2) is 19.2 Å². The number of fused-ring (bicyclic) bond motifs is 1. The van der Waals surface area contributed by atoms with Crippen LogP contribution >= 0.6 is 34.5 Å². The predicted octanol–water partition coefficient (Wildman–Crippen LogP) is 7.15. The lowest BCUT2D eigenvalue weighted by Crippen LogP contribution is -2.00. The van der Waals surface area contributed by atoms with E-state index in [4.69, 9.17) is 33.3 Å². The van der Waals surface area contributed by atoms with Crippen LogP contribution in [0.5, 0.6) is 0 Å². The lowest BCUT2D eigenvalue weighted by molar-refractivity contribution is 0.938. The van der Waals surface area contributed by atoms with E-state index in [1.165, 1.54) is 11.4 Å². The van der Waals surface area contributed by atoms with Gasteiger partial charge in [-0.3, -0.25) is 0 Å². The summed E-state index contributed by atoms with van der Waals surface area (Å²) in [6.45, 7) is 6.20. The molecule has 7 heteroatoms. The van der Waals surface area contributed by atoms with E-state index in [2.05, 4.69) is 42.0 Å². The van der Waals surface area contributed by atoms with Crippen molar-refractivity contribution in [3.63, 3.8) is 0 Å². The second kappa shape index (κ2) is 7.27. The van der Waals surface area contributed by atoms with Crippen LogP contribution in [0.4, 0.5) is 0 Å². The van der Waals surface area contributed by atoms with Gasteiger partial charge >= 0.3 is 0 Å². The predicted molar refractivity (Wildman–Crippen MR) is 125 cm³/mol. The summed E-state index contributed by atoms with van der Waals surface area (Å²) in [6.07, 6.45) is 0. The Balaban J connectivity index is 1.72. The third-order valence-corrected chi connectivity index (χ3v) is 6.63. The zero-order valence-corrected chi connectivity index (χ0v) is 19.0. The molecule has 30 heavy (non-hydrogen) atoms. The minimum atomic E-state index is 0.585. The molecule has 150 valence electrons. The van der Waals surface area contributed by atoms with Crippen LogP contribution < -0.4 is 0 Å². The van der Waals surface area contributed by atoms with E-state index >= 15 is 0 Å². The molecule has 0 aliphatic rings. The van der Waals surface area contributed by atoms with Crippen molar-refractivity contribution in [2.45, 2.75) is 20.8 Å². The summed E-state index contributed by atoms with van der Waals surface area (Å²) in [4.78, 5) is 5.80. The van der Waals surface area contributed by atoms with Gasteiger partial charge in [-0.1, -0.05) is 23.2 Å². The van der Waals surface area contributed by atoms with E-state index in [1.807, 2.05) is 35.7 Å². The quantitative estimate of drug-likeness (QED) is 0.291. The van der Waals surface area contributed by atoms with Crippen molar-refractivity contribution >= 4 is 40.2 Å². The molecule has 0 fully saturated rings. The second-order valence-corrected chi connectivity index (χ2v) is 9.05. The van der Waals surface area contributed by atoms with Gasteiger partial charge < -0.3 is 4.57 Å². The lowest BCUT2D eigenvalue weighted by Gasteiger charge is -2.09. The number of thiophene rings is 1.